The van der Waals surface area contributed by atoms with E-state index in [4.69, 9.17) is 10.5 Å². The van der Waals surface area contributed by atoms with Gasteiger partial charge in [-0.2, -0.15) is 0 Å². The summed E-state index contributed by atoms with van der Waals surface area (Å²) in [5, 5.41) is 6.85. The lowest BCUT2D eigenvalue weighted by atomic mass is 10.1. The number of nitrogens with one attached hydrogen (secondary N) is 2. The van der Waals surface area contributed by atoms with E-state index in [1.807, 2.05) is 13.8 Å². The van der Waals surface area contributed by atoms with Crippen molar-refractivity contribution >= 4 is 27.9 Å². The maximum atomic E-state index is 11.8. The highest BCUT2D eigenvalue weighted by Gasteiger charge is 2.37. The Kier molecular flexibility index (Phi) is 4.13. The molecule has 20 heavy (non-hydrogen) atoms. The lowest BCUT2D eigenvalue weighted by Crippen LogP contribution is -2.17. The van der Waals surface area contributed by atoms with Crippen LogP contribution in [0.15, 0.2) is 0 Å². The summed E-state index contributed by atoms with van der Waals surface area (Å²) in [6.45, 7) is 7.03. The largest absolute Gasteiger partial charge is 0.486 e. The van der Waals surface area contributed by atoms with Crippen LogP contribution in [-0.2, 0) is 0 Å². The van der Waals surface area contributed by atoms with Crippen LogP contribution in [0.4, 0.5) is 10.7 Å². The highest BCUT2D eigenvalue weighted by atomic mass is 32.1. The molecule has 1 aliphatic rings. The third-order valence-electron chi connectivity index (χ3n) is 3.47. The summed E-state index contributed by atoms with van der Waals surface area (Å²) < 4.78 is 5.78. The molecule has 0 aliphatic heterocycles. The lowest BCUT2D eigenvalue weighted by molar-refractivity contribution is 0.0967. The first-order valence-corrected chi connectivity index (χ1v) is 7.73. The zero-order valence-electron chi connectivity index (χ0n) is 12.5. The van der Waals surface area contributed by atoms with E-state index in [-0.39, 0.29) is 12.0 Å². The monoisotopic (exact) mass is 297 g/mol. The van der Waals surface area contributed by atoms with Gasteiger partial charge in [-0.1, -0.05) is 6.92 Å². The molecule has 1 fully saturated rings. The molecule has 4 N–H and O–H groups in total. The van der Waals surface area contributed by atoms with Crippen molar-refractivity contribution in [3.63, 3.8) is 0 Å². The van der Waals surface area contributed by atoms with E-state index in [1.165, 1.54) is 24.2 Å². The molecule has 1 saturated carbocycles. The van der Waals surface area contributed by atoms with Crippen molar-refractivity contribution in [3.8, 4) is 5.75 Å². The van der Waals surface area contributed by atoms with Crippen molar-refractivity contribution in [3.05, 3.63) is 4.88 Å². The number of hydrogen-bond donors (Lipinski definition) is 3. The second kappa shape index (κ2) is 5.52. The van der Waals surface area contributed by atoms with E-state index in [2.05, 4.69) is 17.6 Å². The van der Waals surface area contributed by atoms with Gasteiger partial charge in [-0.3, -0.25) is 4.79 Å². The number of carbonyl (C=O) groups is 1. The van der Waals surface area contributed by atoms with Crippen molar-refractivity contribution in [1.82, 2.24) is 5.32 Å². The Morgan fingerprint density at radius 2 is 2.15 bits per heavy atom. The number of nitrogen functional groups attached to an aromatic ring is 1. The van der Waals surface area contributed by atoms with Crippen LogP contribution in [0, 0.1) is 5.41 Å². The maximum absolute atomic E-state index is 11.8. The van der Waals surface area contributed by atoms with Crippen molar-refractivity contribution in [2.45, 2.75) is 39.7 Å². The minimum atomic E-state index is -0.174. The highest BCUT2D eigenvalue weighted by Crippen LogP contribution is 2.47. The Balaban J connectivity index is 2.24. The van der Waals surface area contributed by atoms with Crippen LogP contribution in [-0.4, -0.2) is 25.6 Å². The predicted octanol–water partition coefficient (Wildman–Crippen LogP) is 2.69. The molecular formula is C14H23N3O2S. The zero-order valence-corrected chi connectivity index (χ0v) is 13.3. The molecule has 1 amide bonds. The predicted molar refractivity (Wildman–Crippen MR) is 83.7 cm³/mol. The topological polar surface area (TPSA) is 76.4 Å². The summed E-state index contributed by atoms with van der Waals surface area (Å²) in [5.74, 6) is 0.430. The average molecular weight is 297 g/mol. The standard InChI is InChI=1S/C14H23N3O2S/c1-8(2)19-10-9(15)11(12(18)16-4)20-13(10)17-7-14(3)5-6-14/h8,17H,5-7,15H2,1-4H3,(H,16,18). The third kappa shape index (κ3) is 3.17. The molecule has 5 nitrogen and oxygen atoms in total. The van der Waals surface area contributed by atoms with Gasteiger partial charge < -0.3 is 21.1 Å². The van der Waals surface area contributed by atoms with E-state index in [1.54, 1.807) is 7.05 Å². The summed E-state index contributed by atoms with van der Waals surface area (Å²) in [6.07, 6.45) is 2.49. The van der Waals surface area contributed by atoms with Gasteiger partial charge in [0.15, 0.2) is 5.75 Å². The first kappa shape index (κ1) is 15.0. The van der Waals surface area contributed by atoms with E-state index in [9.17, 15) is 4.79 Å². The molecule has 2 rings (SSSR count). The Morgan fingerprint density at radius 3 is 2.65 bits per heavy atom. The Morgan fingerprint density at radius 1 is 1.50 bits per heavy atom. The molecule has 1 aromatic heterocycles. The molecule has 1 heterocycles. The Bertz CT molecular complexity index is 507. The molecule has 0 saturated heterocycles. The summed E-state index contributed by atoms with van der Waals surface area (Å²) in [7, 11) is 1.60. The molecule has 6 heteroatoms. The summed E-state index contributed by atoms with van der Waals surface area (Å²) in [6, 6.07) is 0. The van der Waals surface area contributed by atoms with E-state index >= 15 is 0 Å². The normalized spacial score (nSPS) is 16.1. The van der Waals surface area contributed by atoms with Gasteiger partial charge in [0.2, 0.25) is 0 Å². The smallest absolute Gasteiger partial charge is 0.263 e. The number of ether oxygens (including phenoxy) is 1. The molecule has 0 radical (unpaired) electrons. The van der Waals surface area contributed by atoms with E-state index in [0.717, 1.165) is 11.5 Å². The van der Waals surface area contributed by atoms with Crippen molar-refractivity contribution in [1.29, 1.82) is 0 Å². The minimum Gasteiger partial charge on any atom is -0.486 e. The molecule has 112 valence electrons. The molecule has 0 aromatic carbocycles. The number of anilines is 2. The first-order chi connectivity index (χ1) is 9.36. The van der Waals surface area contributed by atoms with Crippen LogP contribution in [0.1, 0.15) is 43.3 Å². The number of carbonyl (C=O) groups excluding carboxylic acids is 1. The van der Waals surface area contributed by atoms with Crippen LogP contribution in [0.5, 0.6) is 5.75 Å². The van der Waals surface area contributed by atoms with Crippen LogP contribution in [0.25, 0.3) is 0 Å². The Labute approximate surface area is 123 Å². The van der Waals surface area contributed by atoms with E-state index < -0.39 is 0 Å². The van der Waals surface area contributed by atoms with Crippen LogP contribution < -0.4 is 21.1 Å². The number of hydrogen-bond acceptors (Lipinski definition) is 5. The van der Waals surface area contributed by atoms with Gasteiger partial charge in [0.25, 0.3) is 5.91 Å². The fraction of sp³-hybridized carbons (Fsp3) is 0.643. The molecule has 1 aliphatic carbocycles. The zero-order chi connectivity index (χ0) is 14.9. The van der Waals surface area contributed by atoms with Gasteiger partial charge in [0.05, 0.1) is 6.10 Å². The maximum Gasteiger partial charge on any atom is 0.263 e. The SMILES string of the molecule is CNC(=O)c1sc(NCC2(C)CC2)c(OC(C)C)c1N. The van der Waals surface area contributed by atoms with Crippen molar-refractivity contribution in [2.75, 3.05) is 24.6 Å². The van der Waals surface area contributed by atoms with Crippen LogP contribution in [0.3, 0.4) is 0 Å². The number of amides is 1. The molecule has 0 atom stereocenters. The van der Waals surface area contributed by atoms with Crippen LogP contribution in [0.2, 0.25) is 0 Å². The third-order valence-corrected chi connectivity index (χ3v) is 4.61. The van der Waals surface area contributed by atoms with Gasteiger partial charge in [-0.25, -0.2) is 0 Å². The number of thiophene rings is 1. The highest BCUT2D eigenvalue weighted by molar-refractivity contribution is 7.19. The quantitative estimate of drug-likeness (QED) is 0.754. The molecule has 0 spiro atoms. The minimum absolute atomic E-state index is 0.0153. The van der Waals surface area contributed by atoms with E-state index in [0.29, 0.717) is 21.7 Å². The van der Waals surface area contributed by atoms with Gasteiger partial charge >= 0.3 is 0 Å². The van der Waals surface area contributed by atoms with Gasteiger partial charge in [0.1, 0.15) is 15.6 Å². The number of rotatable bonds is 6. The molecule has 1 aromatic rings. The summed E-state index contributed by atoms with van der Waals surface area (Å²) >= 11 is 1.36. The molecular weight excluding hydrogens is 274 g/mol. The first-order valence-electron chi connectivity index (χ1n) is 6.91. The Hall–Kier alpha value is -1.43. The summed E-state index contributed by atoms with van der Waals surface area (Å²) in [5.41, 5.74) is 6.87. The second-order valence-electron chi connectivity index (χ2n) is 5.91. The molecule has 0 bridgehead atoms. The second-order valence-corrected chi connectivity index (χ2v) is 6.93. The summed E-state index contributed by atoms with van der Waals surface area (Å²) in [4.78, 5) is 12.3. The average Bonchev–Trinajstić information content (AvgIpc) is 3.05. The number of nitrogens with two attached hydrogens (primary N) is 1. The van der Waals surface area contributed by atoms with Gasteiger partial charge in [0, 0.05) is 13.6 Å². The van der Waals surface area contributed by atoms with Crippen molar-refractivity contribution in [2.24, 2.45) is 5.41 Å². The lowest BCUT2D eigenvalue weighted by Gasteiger charge is -2.14. The van der Waals surface area contributed by atoms with Crippen LogP contribution >= 0.6 is 11.3 Å². The molecule has 0 unspecified atom stereocenters. The van der Waals surface area contributed by atoms with Gasteiger partial charge in [-0.15, -0.1) is 11.3 Å². The van der Waals surface area contributed by atoms with Gasteiger partial charge in [-0.05, 0) is 32.1 Å². The fourth-order valence-electron chi connectivity index (χ4n) is 1.86. The van der Waals surface area contributed by atoms with Crippen molar-refractivity contribution < 1.29 is 9.53 Å². The fourth-order valence-corrected chi connectivity index (χ4v) is 2.86.